The number of esters is 2. The molecule has 3 atom stereocenters. The maximum absolute atomic E-state index is 12.6. The van der Waals surface area contributed by atoms with Gasteiger partial charge in [0.1, 0.15) is 12.7 Å². The highest BCUT2D eigenvalue weighted by Crippen LogP contribution is 2.43. The molecular weight excluding hydrogens is 743 g/mol. The van der Waals surface area contributed by atoms with Crippen LogP contribution in [-0.2, 0) is 32.7 Å². The molecule has 0 heterocycles. The van der Waals surface area contributed by atoms with Gasteiger partial charge in [-0.15, -0.1) is 0 Å². The van der Waals surface area contributed by atoms with Crippen LogP contribution < -0.4 is 0 Å². The number of hydrogen-bond acceptors (Lipinski definition) is 9. The van der Waals surface area contributed by atoms with Gasteiger partial charge in [-0.2, -0.15) is 0 Å². The highest BCUT2D eigenvalue weighted by molar-refractivity contribution is 7.47. The van der Waals surface area contributed by atoms with Crippen molar-refractivity contribution in [2.45, 2.75) is 142 Å². The maximum Gasteiger partial charge on any atom is 0.472 e. The Bertz CT molecular complexity index is 1310. The van der Waals surface area contributed by atoms with Gasteiger partial charge in [0.25, 0.3) is 0 Å². The molecule has 0 aromatic heterocycles. The Morgan fingerprint density at radius 3 is 1.47 bits per heavy atom. The first kappa shape index (κ1) is 53.6. The molecule has 57 heavy (non-hydrogen) atoms. The Balaban J connectivity index is 4.51. The van der Waals surface area contributed by atoms with Crippen molar-refractivity contribution in [2.24, 2.45) is 0 Å². The number of phosphoric acid groups is 1. The second-order valence-electron chi connectivity index (χ2n) is 13.3. The number of allylic oxidation sites excluding steroid dienone is 18. The van der Waals surface area contributed by atoms with Crippen molar-refractivity contribution in [3.63, 3.8) is 0 Å². The number of phosphoric ester groups is 1. The topological polar surface area (TPSA) is 149 Å². The Morgan fingerprint density at radius 2 is 0.982 bits per heavy atom. The molecule has 0 bridgehead atoms. The summed E-state index contributed by atoms with van der Waals surface area (Å²) in [5.74, 6) is -1.04. The minimum absolute atomic E-state index is 0.0913. The fraction of sp³-hybridized carbons (Fsp3) is 0.565. The van der Waals surface area contributed by atoms with Crippen LogP contribution in [-0.4, -0.2) is 65.7 Å². The monoisotopic (exact) mass is 816 g/mol. The quantitative estimate of drug-likeness (QED) is 0.0239. The van der Waals surface area contributed by atoms with Crippen LogP contribution in [0.3, 0.4) is 0 Å². The first-order valence-corrected chi connectivity index (χ1v) is 22.3. The van der Waals surface area contributed by atoms with E-state index in [2.05, 4.69) is 116 Å². The number of carbonyl (C=O) groups excluding carboxylic acids is 2. The Morgan fingerprint density at radius 1 is 0.544 bits per heavy atom. The summed E-state index contributed by atoms with van der Waals surface area (Å²) < 4.78 is 32.6. The van der Waals surface area contributed by atoms with Gasteiger partial charge in [0.2, 0.25) is 0 Å². The van der Waals surface area contributed by atoms with Crippen LogP contribution in [0, 0.1) is 0 Å². The van der Waals surface area contributed by atoms with Gasteiger partial charge < -0.3 is 24.6 Å². The molecule has 0 aromatic rings. The lowest BCUT2D eigenvalue weighted by Gasteiger charge is -2.20. The normalized spacial score (nSPS) is 15.0. The molecule has 0 saturated heterocycles. The van der Waals surface area contributed by atoms with Crippen molar-refractivity contribution >= 4 is 19.8 Å². The average Bonchev–Trinajstić information content (AvgIpc) is 3.20. The van der Waals surface area contributed by atoms with E-state index in [9.17, 15) is 24.2 Å². The number of unbranched alkanes of at least 4 members (excludes halogenated alkanes) is 5. The zero-order chi connectivity index (χ0) is 41.9. The van der Waals surface area contributed by atoms with Gasteiger partial charge in [0, 0.05) is 12.8 Å². The zero-order valence-corrected chi connectivity index (χ0v) is 35.6. The summed E-state index contributed by atoms with van der Waals surface area (Å²) in [4.78, 5) is 34.9. The summed E-state index contributed by atoms with van der Waals surface area (Å²) in [6, 6.07) is 0. The van der Waals surface area contributed by atoms with E-state index in [-0.39, 0.29) is 19.4 Å². The minimum Gasteiger partial charge on any atom is -0.462 e. The van der Waals surface area contributed by atoms with E-state index in [1.165, 1.54) is 6.42 Å². The maximum atomic E-state index is 12.6. The van der Waals surface area contributed by atoms with Crippen molar-refractivity contribution in [1.82, 2.24) is 0 Å². The fourth-order valence-electron chi connectivity index (χ4n) is 4.72. The Kier molecular flexibility index (Phi) is 38.4. The van der Waals surface area contributed by atoms with Gasteiger partial charge in [0.15, 0.2) is 6.10 Å². The second-order valence-corrected chi connectivity index (χ2v) is 14.7. The van der Waals surface area contributed by atoms with E-state index < -0.39 is 51.8 Å². The van der Waals surface area contributed by atoms with Crippen LogP contribution in [0.1, 0.15) is 129 Å². The van der Waals surface area contributed by atoms with E-state index in [1.54, 1.807) is 0 Å². The average molecular weight is 817 g/mol. The molecule has 11 heteroatoms. The molecule has 0 aliphatic carbocycles. The van der Waals surface area contributed by atoms with E-state index in [1.807, 2.05) is 12.2 Å². The third-order valence-electron chi connectivity index (χ3n) is 7.89. The summed E-state index contributed by atoms with van der Waals surface area (Å²) in [5, 5.41) is 18.3. The standard InChI is InChI=1S/C46H73O10P/c1-3-5-7-9-11-13-15-17-19-21-23-25-27-29-31-33-35-37-45(49)53-41-44(42-55-57(51,52)54-40-43(48)39-47)56-46(50)38-36-34-32-30-28-26-24-22-20-18-16-14-12-10-8-6-4-2/h6-9,12-15,18-21,24-27,30,32,43-44,47-48H,3-5,10-11,16-17,22-23,28-29,31,33-42H2,1-2H3,(H,51,52)/b8-6+,9-7+,14-12+,15-13+,20-18+,21-19+,26-24+,27-25+,32-30+/t43-,44+/m0/s1. The predicted molar refractivity (Wildman–Crippen MR) is 232 cm³/mol. The third kappa shape index (κ3) is 40.6. The molecule has 0 rings (SSSR count). The van der Waals surface area contributed by atoms with Crippen molar-refractivity contribution < 1.29 is 47.8 Å². The van der Waals surface area contributed by atoms with Gasteiger partial charge >= 0.3 is 19.8 Å². The lowest BCUT2D eigenvalue weighted by Crippen LogP contribution is -2.29. The largest absolute Gasteiger partial charge is 0.472 e. The fourth-order valence-corrected chi connectivity index (χ4v) is 5.51. The minimum atomic E-state index is -4.65. The molecule has 0 aliphatic rings. The molecule has 0 aromatic carbocycles. The number of aliphatic hydroxyl groups excluding tert-OH is 2. The zero-order valence-electron chi connectivity index (χ0n) is 34.7. The van der Waals surface area contributed by atoms with Crippen LogP contribution in [0.2, 0.25) is 0 Å². The van der Waals surface area contributed by atoms with Crippen LogP contribution >= 0.6 is 7.82 Å². The van der Waals surface area contributed by atoms with Gasteiger partial charge in [-0.3, -0.25) is 18.6 Å². The van der Waals surface area contributed by atoms with Crippen LogP contribution in [0.25, 0.3) is 0 Å². The third-order valence-corrected chi connectivity index (χ3v) is 8.84. The summed E-state index contributed by atoms with van der Waals surface area (Å²) in [6.07, 6.45) is 50.6. The van der Waals surface area contributed by atoms with Crippen LogP contribution in [0.5, 0.6) is 0 Å². The van der Waals surface area contributed by atoms with Crippen molar-refractivity contribution in [2.75, 3.05) is 26.4 Å². The van der Waals surface area contributed by atoms with Crippen molar-refractivity contribution in [1.29, 1.82) is 0 Å². The molecule has 0 saturated carbocycles. The highest BCUT2D eigenvalue weighted by Gasteiger charge is 2.27. The molecule has 0 radical (unpaired) electrons. The van der Waals surface area contributed by atoms with E-state index in [0.717, 1.165) is 77.0 Å². The van der Waals surface area contributed by atoms with Gasteiger partial charge in [-0.1, -0.05) is 136 Å². The molecule has 0 amide bonds. The molecule has 0 spiro atoms. The summed E-state index contributed by atoms with van der Waals surface area (Å²) in [5.41, 5.74) is 0. The molecule has 0 fully saturated rings. The van der Waals surface area contributed by atoms with Gasteiger partial charge in [-0.05, 0) is 89.9 Å². The second kappa shape index (κ2) is 40.8. The lowest BCUT2D eigenvalue weighted by atomic mass is 10.1. The SMILES string of the molecule is CC/C=C/C/C=C/C/C=C/C/C=C/C/C=C/CCCC(=O)O[C@H](COC(=O)CCCCC/C=C/C/C=C/C/C=C/C/C=C/CCC)COP(=O)(O)OC[C@@H](O)CO. The number of rotatable bonds is 37. The molecular formula is C46H73O10P. The number of ether oxygens (including phenoxy) is 2. The van der Waals surface area contributed by atoms with Crippen LogP contribution in [0.4, 0.5) is 0 Å². The summed E-state index contributed by atoms with van der Waals surface area (Å²) in [7, 11) is -4.65. The van der Waals surface area contributed by atoms with Gasteiger partial charge in [-0.25, -0.2) is 4.57 Å². The van der Waals surface area contributed by atoms with E-state index in [4.69, 9.17) is 19.1 Å². The molecule has 3 N–H and O–H groups in total. The predicted octanol–water partition coefficient (Wildman–Crippen LogP) is 11.0. The smallest absolute Gasteiger partial charge is 0.462 e. The van der Waals surface area contributed by atoms with Crippen LogP contribution in [0.15, 0.2) is 109 Å². The summed E-state index contributed by atoms with van der Waals surface area (Å²) >= 11 is 0. The lowest BCUT2D eigenvalue weighted by molar-refractivity contribution is -0.161. The molecule has 0 aliphatic heterocycles. The van der Waals surface area contributed by atoms with Crippen molar-refractivity contribution in [3.05, 3.63) is 109 Å². The molecule has 10 nitrogen and oxygen atoms in total. The van der Waals surface area contributed by atoms with Crippen molar-refractivity contribution in [3.8, 4) is 0 Å². The molecule has 1 unspecified atom stereocenters. The Hall–Kier alpha value is -3.37. The van der Waals surface area contributed by atoms with E-state index >= 15 is 0 Å². The van der Waals surface area contributed by atoms with E-state index in [0.29, 0.717) is 19.3 Å². The first-order valence-electron chi connectivity index (χ1n) is 20.8. The van der Waals surface area contributed by atoms with Gasteiger partial charge in [0.05, 0.1) is 19.8 Å². The number of aliphatic hydroxyl groups is 2. The highest BCUT2D eigenvalue weighted by atomic mass is 31.2. The Labute approximate surface area is 344 Å². The summed E-state index contributed by atoms with van der Waals surface area (Å²) in [6.45, 7) is 2.06. The number of carbonyl (C=O) groups is 2. The first-order chi connectivity index (χ1) is 27.7. The number of hydrogen-bond donors (Lipinski definition) is 3. The molecule has 322 valence electrons.